The Balaban J connectivity index is 1.56. The molecule has 1 saturated carbocycles. The number of hydrogen-bond acceptors (Lipinski definition) is 2. The summed E-state index contributed by atoms with van der Waals surface area (Å²) in [6.45, 7) is 2.40. The van der Waals surface area contributed by atoms with Crippen LogP contribution in [0.2, 0.25) is 0 Å². The second-order valence-electron chi connectivity index (χ2n) is 4.37. The van der Waals surface area contributed by atoms with Crippen molar-refractivity contribution in [3.8, 4) is 0 Å². The molecular weight excluding hydrogens is 327 g/mol. The first-order valence-electron chi connectivity index (χ1n) is 5.98. The molecule has 0 atom stereocenters. The van der Waals surface area contributed by atoms with E-state index >= 15 is 0 Å². The molecule has 1 aliphatic carbocycles. The van der Waals surface area contributed by atoms with Gasteiger partial charge in [0, 0.05) is 29.1 Å². The van der Waals surface area contributed by atoms with E-state index in [-0.39, 0.29) is 5.91 Å². The zero-order valence-corrected chi connectivity index (χ0v) is 11.9. The number of rotatable bonds is 6. The van der Waals surface area contributed by atoms with Crippen LogP contribution in [0.4, 0.5) is 0 Å². The van der Waals surface area contributed by atoms with Crippen LogP contribution >= 0.6 is 22.6 Å². The van der Waals surface area contributed by atoms with Gasteiger partial charge in [-0.2, -0.15) is 0 Å². The maximum atomic E-state index is 11.3. The molecule has 1 amide bonds. The van der Waals surface area contributed by atoms with Crippen molar-refractivity contribution < 1.29 is 4.79 Å². The molecule has 0 aromatic heterocycles. The minimum Gasteiger partial charge on any atom is -0.355 e. The minimum atomic E-state index is 0.223. The smallest absolute Gasteiger partial charge is 0.223 e. The van der Waals surface area contributed by atoms with Gasteiger partial charge in [0.2, 0.25) is 5.91 Å². The molecule has 92 valence electrons. The van der Waals surface area contributed by atoms with E-state index < -0.39 is 0 Å². The van der Waals surface area contributed by atoms with E-state index in [4.69, 9.17) is 0 Å². The Morgan fingerprint density at radius 1 is 1.24 bits per heavy atom. The first-order chi connectivity index (χ1) is 8.25. The highest BCUT2D eigenvalue weighted by molar-refractivity contribution is 14.1. The van der Waals surface area contributed by atoms with Gasteiger partial charge in [-0.05, 0) is 53.1 Å². The Hall–Kier alpha value is -0.620. The molecule has 1 aromatic carbocycles. The third-order valence-corrected chi connectivity index (χ3v) is 3.51. The Morgan fingerprint density at radius 2 is 1.94 bits per heavy atom. The number of halogens is 1. The Kier molecular flexibility index (Phi) is 4.79. The van der Waals surface area contributed by atoms with Gasteiger partial charge in [-0.25, -0.2) is 0 Å². The quantitative estimate of drug-likeness (QED) is 0.612. The van der Waals surface area contributed by atoms with Crippen molar-refractivity contribution in [3.63, 3.8) is 0 Å². The number of amides is 1. The van der Waals surface area contributed by atoms with Crippen LogP contribution in [-0.2, 0) is 11.3 Å². The van der Waals surface area contributed by atoms with Gasteiger partial charge in [0.25, 0.3) is 0 Å². The second-order valence-corrected chi connectivity index (χ2v) is 5.61. The predicted octanol–water partition coefficient (Wildman–Crippen LogP) is 1.91. The Labute approximate surface area is 116 Å². The van der Waals surface area contributed by atoms with Crippen molar-refractivity contribution in [3.05, 3.63) is 33.4 Å². The van der Waals surface area contributed by atoms with E-state index in [1.807, 2.05) is 0 Å². The van der Waals surface area contributed by atoms with Crippen molar-refractivity contribution in [1.29, 1.82) is 0 Å². The fourth-order valence-electron chi connectivity index (χ4n) is 1.60. The number of benzene rings is 1. The molecule has 4 heteroatoms. The highest BCUT2D eigenvalue weighted by Crippen LogP contribution is 2.28. The fourth-order valence-corrected chi connectivity index (χ4v) is 1.96. The Morgan fingerprint density at radius 3 is 2.59 bits per heavy atom. The van der Waals surface area contributed by atoms with Gasteiger partial charge < -0.3 is 10.6 Å². The van der Waals surface area contributed by atoms with E-state index in [2.05, 4.69) is 57.5 Å². The SMILES string of the molecule is O=C(NCCNCc1ccc(I)cc1)C1CC1. The van der Waals surface area contributed by atoms with E-state index in [0.717, 1.165) is 32.5 Å². The number of nitrogens with one attached hydrogen (secondary N) is 2. The Bertz CT molecular complexity index is 374. The normalized spacial score (nSPS) is 14.6. The van der Waals surface area contributed by atoms with Gasteiger partial charge in [0.1, 0.15) is 0 Å². The van der Waals surface area contributed by atoms with Gasteiger partial charge in [0.15, 0.2) is 0 Å². The topological polar surface area (TPSA) is 41.1 Å². The van der Waals surface area contributed by atoms with Crippen molar-refractivity contribution >= 4 is 28.5 Å². The summed E-state index contributed by atoms with van der Waals surface area (Å²) in [4.78, 5) is 11.3. The van der Waals surface area contributed by atoms with Crippen molar-refractivity contribution in [2.24, 2.45) is 5.92 Å². The van der Waals surface area contributed by atoms with Crippen molar-refractivity contribution in [2.75, 3.05) is 13.1 Å². The summed E-state index contributed by atoms with van der Waals surface area (Å²) >= 11 is 2.30. The third-order valence-electron chi connectivity index (χ3n) is 2.79. The lowest BCUT2D eigenvalue weighted by molar-refractivity contribution is -0.122. The predicted molar refractivity (Wildman–Crippen MR) is 76.6 cm³/mol. The molecule has 1 fully saturated rings. The average molecular weight is 344 g/mol. The largest absolute Gasteiger partial charge is 0.355 e. The van der Waals surface area contributed by atoms with Gasteiger partial charge in [-0.3, -0.25) is 4.79 Å². The molecule has 0 unspecified atom stereocenters. The van der Waals surface area contributed by atoms with Crippen molar-refractivity contribution in [1.82, 2.24) is 10.6 Å². The number of carbonyl (C=O) groups is 1. The highest BCUT2D eigenvalue weighted by atomic mass is 127. The molecule has 2 N–H and O–H groups in total. The maximum absolute atomic E-state index is 11.3. The molecular formula is C13H17IN2O. The van der Waals surface area contributed by atoms with Crippen LogP contribution in [0.5, 0.6) is 0 Å². The maximum Gasteiger partial charge on any atom is 0.223 e. The van der Waals surface area contributed by atoms with Crippen LogP contribution in [0.25, 0.3) is 0 Å². The van der Waals surface area contributed by atoms with Gasteiger partial charge in [-0.15, -0.1) is 0 Å². The lowest BCUT2D eigenvalue weighted by atomic mass is 10.2. The van der Waals surface area contributed by atoms with E-state index in [1.165, 1.54) is 9.13 Å². The van der Waals surface area contributed by atoms with E-state index in [1.54, 1.807) is 0 Å². The van der Waals surface area contributed by atoms with Crippen LogP contribution in [0.3, 0.4) is 0 Å². The molecule has 2 rings (SSSR count). The highest BCUT2D eigenvalue weighted by Gasteiger charge is 2.28. The van der Waals surface area contributed by atoms with E-state index in [9.17, 15) is 4.79 Å². The van der Waals surface area contributed by atoms with Gasteiger partial charge in [-0.1, -0.05) is 12.1 Å². The van der Waals surface area contributed by atoms with Crippen molar-refractivity contribution in [2.45, 2.75) is 19.4 Å². The lowest BCUT2D eigenvalue weighted by Gasteiger charge is -2.06. The molecule has 1 aliphatic rings. The molecule has 0 saturated heterocycles. The summed E-state index contributed by atoms with van der Waals surface area (Å²) < 4.78 is 1.25. The standard InChI is InChI=1S/C13H17IN2O/c14-12-5-1-10(2-6-12)9-15-7-8-16-13(17)11-3-4-11/h1-2,5-6,11,15H,3-4,7-9H2,(H,16,17). The van der Waals surface area contributed by atoms with E-state index in [0.29, 0.717) is 5.92 Å². The molecule has 1 aromatic rings. The minimum absolute atomic E-state index is 0.223. The zero-order valence-electron chi connectivity index (χ0n) is 9.71. The first kappa shape index (κ1) is 12.8. The first-order valence-corrected chi connectivity index (χ1v) is 7.06. The van der Waals surface area contributed by atoms with Crippen LogP contribution in [-0.4, -0.2) is 19.0 Å². The van der Waals surface area contributed by atoms with Gasteiger partial charge in [0.05, 0.1) is 0 Å². The fraction of sp³-hybridized carbons (Fsp3) is 0.462. The summed E-state index contributed by atoms with van der Waals surface area (Å²) in [6.07, 6.45) is 2.14. The zero-order chi connectivity index (χ0) is 12.1. The number of hydrogen-bond donors (Lipinski definition) is 2. The summed E-state index contributed by atoms with van der Waals surface area (Å²) in [6, 6.07) is 8.45. The van der Waals surface area contributed by atoms with Crippen LogP contribution in [0.15, 0.2) is 24.3 Å². The third kappa shape index (κ3) is 4.63. The van der Waals surface area contributed by atoms with Crippen LogP contribution in [0, 0.1) is 9.49 Å². The average Bonchev–Trinajstić information content (AvgIpc) is 3.15. The van der Waals surface area contributed by atoms with Crippen LogP contribution < -0.4 is 10.6 Å². The monoisotopic (exact) mass is 344 g/mol. The molecule has 3 nitrogen and oxygen atoms in total. The summed E-state index contributed by atoms with van der Waals surface area (Å²) in [5, 5.41) is 6.26. The summed E-state index contributed by atoms with van der Waals surface area (Å²) in [7, 11) is 0. The molecule has 17 heavy (non-hydrogen) atoms. The second kappa shape index (κ2) is 6.35. The molecule has 0 radical (unpaired) electrons. The van der Waals surface area contributed by atoms with Crippen LogP contribution in [0.1, 0.15) is 18.4 Å². The number of carbonyl (C=O) groups excluding carboxylic acids is 1. The molecule has 0 heterocycles. The molecule has 0 bridgehead atoms. The van der Waals surface area contributed by atoms with Gasteiger partial charge >= 0.3 is 0 Å². The lowest BCUT2D eigenvalue weighted by Crippen LogP contribution is -2.32. The molecule has 0 aliphatic heterocycles. The summed E-state index contributed by atoms with van der Waals surface area (Å²) in [5.74, 6) is 0.535. The molecule has 0 spiro atoms. The summed E-state index contributed by atoms with van der Waals surface area (Å²) in [5.41, 5.74) is 1.28.